The van der Waals surface area contributed by atoms with Gasteiger partial charge in [-0.05, 0) is 75.8 Å². The van der Waals surface area contributed by atoms with Gasteiger partial charge in [0.15, 0.2) is 0 Å². The Morgan fingerprint density at radius 1 is 1.13 bits per heavy atom. The molecule has 31 heavy (non-hydrogen) atoms. The van der Waals surface area contributed by atoms with Crippen molar-refractivity contribution >= 4 is 10.0 Å². The highest BCUT2D eigenvalue weighted by molar-refractivity contribution is 7.89. The average Bonchev–Trinajstić information content (AvgIpc) is 3.37. The first-order valence-electron chi connectivity index (χ1n) is 10.9. The lowest BCUT2D eigenvalue weighted by Gasteiger charge is -2.24. The summed E-state index contributed by atoms with van der Waals surface area (Å²) in [5.41, 5.74) is 6.00. The van der Waals surface area contributed by atoms with E-state index in [0.717, 1.165) is 36.2 Å². The van der Waals surface area contributed by atoms with Gasteiger partial charge in [0.05, 0.1) is 17.4 Å². The second-order valence-electron chi connectivity index (χ2n) is 8.35. The van der Waals surface area contributed by atoms with Gasteiger partial charge in [-0.3, -0.25) is 9.67 Å². The fraction of sp³-hybridized carbons (Fsp3) is 0.417. The average molecular weight is 439 g/mol. The van der Waals surface area contributed by atoms with Gasteiger partial charge in [-0.25, -0.2) is 8.42 Å². The molecule has 0 saturated carbocycles. The SMILES string of the molecule is CCn1cc(S(=O)(=O)N2CCCC2c2cc(Cc3ccccc3C)cc(C)n2)c(C)n1. The monoisotopic (exact) mass is 438 g/mol. The summed E-state index contributed by atoms with van der Waals surface area (Å²) in [5.74, 6) is 0. The molecule has 1 aromatic carbocycles. The Hall–Kier alpha value is -2.51. The highest BCUT2D eigenvalue weighted by Crippen LogP contribution is 2.37. The van der Waals surface area contributed by atoms with Crippen LogP contribution in [0.1, 0.15) is 59.6 Å². The zero-order valence-electron chi connectivity index (χ0n) is 18.7. The molecule has 3 heterocycles. The summed E-state index contributed by atoms with van der Waals surface area (Å²) in [4.78, 5) is 5.05. The first-order valence-corrected chi connectivity index (χ1v) is 12.3. The highest BCUT2D eigenvalue weighted by Gasteiger charge is 2.38. The third-order valence-electron chi connectivity index (χ3n) is 6.05. The molecule has 1 aliphatic heterocycles. The molecule has 1 saturated heterocycles. The van der Waals surface area contributed by atoms with Crippen molar-refractivity contribution in [2.45, 2.75) is 64.4 Å². The van der Waals surface area contributed by atoms with Crippen molar-refractivity contribution in [1.82, 2.24) is 19.1 Å². The van der Waals surface area contributed by atoms with Gasteiger partial charge in [0.2, 0.25) is 10.0 Å². The van der Waals surface area contributed by atoms with Gasteiger partial charge in [-0.15, -0.1) is 0 Å². The van der Waals surface area contributed by atoms with Crippen LogP contribution in [0.3, 0.4) is 0 Å². The second kappa shape index (κ2) is 8.55. The van der Waals surface area contributed by atoms with E-state index in [1.165, 1.54) is 11.1 Å². The van der Waals surface area contributed by atoms with E-state index < -0.39 is 10.0 Å². The number of sulfonamides is 1. The molecular formula is C24H30N4O2S. The lowest BCUT2D eigenvalue weighted by Crippen LogP contribution is -2.31. The first kappa shape index (κ1) is 21.7. The third kappa shape index (κ3) is 4.29. The van der Waals surface area contributed by atoms with Crippen molar-refractivity contribution in [2.24, 2.45) is 0 Å². The van der Waals surface area contributed by atoms with Crippen LogP contribution in [-0.4, -0.2) is 34.0 Å². The van der Waals surface area contributed by atoms with E-state index in [9.17, 15) is 8.42 Å². The standard InChI is InChI=1S/C24H30N4O2S/c1-5-27-16-24(19(4)26-27)31(29,30)28-12-8-11-23(28)22-15-20(13-18(3)25-22)14-21-10-7-6-9-17(21)2/h6-7,9-10,13,15-16,23H,5,8,11-12,14H2,1-4H3. The van der Waals surface area contributed by atoms with Crippen molar-refractivity contribution in [3.8, 4) is 0 Å². The zero-order chi connectivity index (χ0) is 22.2. The van der Waals surface area contributed by atoms with Gasteiger partial charge in [-0.2, -0.15) is 9.40 Å². The van der Waals surface area contributed by atoms with Gasteiger partial charge < -0.3 is 0 Å². The normalized spacial score (nSPS) is 17.4. The quantitative estimate of drug-likeness (QED) is 0.574. The minimum absolute atomic E-state index is 0.245. The van der Waals surface area contributed by atoms with E-state index >= 15 is 0 Å². The van der Waals surface area contributed by atoms with Crippen LogP contribution in [0.2, 0.25) is 0 Å². The summed E-state index contributed by atoms with van der Waals surface area (Å²) in [6.07, 6.45) is 4.06. The van der Waals surface area contributed by atoms with Crippen LogP contribution in [0.4, 0.5) is 0 Å². The van der Waals surface area contributed by atoms with Gasteiger partial charge in [-0.1, -0.05) is 24.3 Å². The number of aromatic nitrogens is 3. The molecule has 1 atom stereocenters. The Labute approximate surface area is 185 Å². The summed E-state index contributed by atoms with van der Waals surface area (Å²) in [6, 6.07) is 12.3. The highest BCUT2D eigenvalue weighted by atomic mass is 32.2. The molecule has 0 radical (unpaired) electrons. The fourth-order valence-corrected chi connectivity index (χ4v) is 6.27. The maximum Gasteiger partial charge on any atom is 0.247 e. The topological polar surface area (TPSA) is 68.1 Å². The molecule has 6 nitrogen and oxygen atoms in total. The minimum atomic E-state index is -3.64. The second-order valence-corrected chi connectivity index (χ2v) is 10.2. The van der Waals surface area contributed by atoms with Crippen LogP contribution in [0.15, 0.2) is 47.5 Å². The molecule has 0 spiro atoms. The molecule has 7 heteroatoms. The van der Waals surface area contributed by atoms with E-state index in [1.807, 2.05) is 19.9 Å². The number of nitrogens with zero attached hydrogens (tertiary/aromatic N) is 4. The Bertz CT molecular complexity index is 1200. The molecule has 4 rings (SSSR count). The summed E-state index contributed by atoms with van der Waals surface area (Å²) >= 11 is 0. The molecule has 0 N–H and O–H groups in total. The Morgan fingerprint density at radius 3 is 2.61 bits per heavy atom. The van der Waals surface area contributed by atoms with Crippen LogP contribution in [0, 0.1) is 20.8 Å². The Morgan fingerprint density at radius 2 is 1.90 bits per heavy atom. The summed E-state index contributed by atoms with van der Waals surface area (Å²) in [5, 5.41) is 4.34. The molecule has 0 amide bonds. The number of pyridine rings is 1. The number of hydrogen-bond acceptors (Lipinski definition) is 4. The summed E-state index contributed by atoms with van der Waals surface area (Å²) in [7, 11) is -3.64. The zero-order valence-corrected chi connectivity index (χ0v) is 19.5. The maximum absolute atomic E-state index is 13.5. The van der Waals surface area contributed by atoms with Crippen molar-refractivity contribution < 1.29 is 8.42 Å². The summed E-state index contributed by atoms with van der Waals surface area (Å²) < 4.78 is 30.3. The van der Waals surface area contributed by atoms with Gasteiger partial charge in [0.1, 0.15) is 4.90 Å². The summed E-state index contributed by atoms with van der Waals surface area (Å²) in [6.45, 7) is 8.96. The van der Waals surface area contributed by atoms with Crippen LogP contribution < -0.4 is 0 Å². The number of aryl methyl sites for hydroxylation is 4. The van der Waals surface area contributed by atoms with Crippen molar-refractivity contribution in [3.63, 3.8) is 0 Å². The van der Waals surface area contributed by atoms with E-state index in [1.54, 1.807) is 22.1 Å². The largest absolute Gasteiger partial charge is 0.271 e. The minimum Gasteiger partial charge on any atom is -0.271 e. The van der Waals surface area contributed by atoms with Gasteiger partial charge in [0.25, 0.3) is 0 Å². The van der Waals surface area contributed by atoms with E-state index in [2.05, 4.69) is 42.4 Å². The maximum atomic E-state index is 13.5. The van der Waals surface area contributed by atoms with Crippen LogP contribution >= 0.6 is 0 Å². The Balaban J connectivity index is 1.68. The lowest BCUT2D eigenvalue weighted by atomic mass is 9.99. The molecule has 1 aliphatic rings. The van der Waals surface area contributed by atoms with Crippen LogP contribution in [0.25, 0.3) is 0 Å². The lowest BCUT2D eigenvalue weighted by molar-refractivity contribution is 0.389. The Kier molecular flexibility index (Phi) is 5.99. The van der Waals surface area contributed by atoms with E-state index in [0.29, 0.717) is 23.7 Å². The smallest absolute Gasteiger partial charge is 0.247 e. The van der Waals surface area contributed by atoms with Crippen LogP contribution in [-0.2, 0) is 23.0 Å². The molecular weight excluding hydrogens is 408 g/mol. The molecule has 0 aliphatic carbocycles. The molecule has 1 fully saturated rings. The molecule has 1 unspecified atom stereocenters. The first-order chi connectivity index (χ1) is 14.8. The molecule has 0 bridgehead atoms. The van der Waals surface area contributed by atoms with Crippen molar-refractivity contribution in [1.29, 1.82) is 0 Å². The van der Waals surface area contributed by atoms with E-state index in [-0.39, 0.29) is 6.04 Å². The molecule has 164 valence electrons. The number of rotatable bonds is 6. The molecule has 3 aromatic rings. The third-order valence-corrected chi connectivity index (χ3v) is 8.06. The van der Waals surface area contributed by atoms with Crippen LogP contribution in [0.5, 0.6) is 0 Å². The number of benzene rings is 1. The van der Waals surface area contributed by atoms with Gasteiger partial charge >= 0.3 is 0 Å². The van der Waals surface area contributed by atoms with Gasteiger partial charge in [0, 0.05) is 25.0 Å². The molecule has 2 aromatic heterocycles. The predicted octanol–water partition coefficient (Wildman–Crippen LogP) is 4.34. The van der Waals surface area contributed by atoms with E-state index in [4.69, 9.17) is 4.98 Å². The predicted molar refractivity (Wildman–Crippen MR) is 121 cm³/mol. The van der Waals surface area contributed by atoms with Crippen molar-refractivity contribution in [3.05, 3.63) is 76.4 Å². The fourth-order valence-electron chi connectivity index (χ4n) is 4.43. The number of hydrogen-bond donors (Lipinski definition) is 0. The van der Waals surface area contributed by atoms with Crippen molar-refractivity contribution in [2.75, 3.05) is 6.54 Å².